The number of amides is 1. The molecule has 0 unspecified atom stereocenters. The van der Waals surface area contributed by atoms with Gasteiger partial charge < -0.3 is 9.42 Å². The second kappa shape index (κ2) is 8.81. The molecule has 174 valence electrons. The third-order valence-electron chi connectivity index (χ3n) is 5.19. The molecule has 1 amide bonds. The molecule has 0 bridgehead atoms. The van der Waals surface area contributed by atoms with Crippen LogP contribution in [0.2, 0.25) is 5.02 Å². The molecule has 2 heterocycles. The molecule has 2 aromatic carbocycles. The molecule has 1 saturated heterocycles. The number of carbonyl (C=O) groups excluding carboxylic acids is 1. The van der Waals surface area contributed by atoms with Crippen LogP contribution in [0.25, 0.3) is 11.3 Å². The molecule has 0 saturated carbocycles. The van der Waals surface area contributed by atoms with Crippen molar-refractivity contribution in [3.8, 4) is 11.3 Å². The smallest absolute Gasteiger partial charge is 0.355 e. The topological polar surface area (TPSA) is 83.7 Å². The number of carbonyl (C=O) groups is 1. The molecule has 1 aromatic heterocycles. The van der Waals surface area contributed by atoms with E-state index in [2.05, 4.69) is 5.16 Å². The van der Waals surface area contributed by atoms with Gasteiger partial charge in [-0.25, -0.2) is 8.42 Å². The van der Waals surface area contributed by atoms with Crippen LogP contribution in [0.4, 0.5) is 13.2 Å². The predicted octanol–water partition coefficient (Wildman–Crippen LogP) is 4.16. The van der Waals surface area contributed by atoms with Crippen molar-refractivity contribution < 1.29 is 30.9 Å². The van der Waals surface area contributed by atoms with E-state index in [9.17, 15) is 26.4 Å². The summed E-state index contributed by atoms with van der Waals surface area (Å²) in [5, 5.41) is 3.22. The first-order valence-electron chi connectivity index (χ1n) is 9.75. The lowest BCUT2D eigenvalue weighted by atomic mass is 10.1. The van der Waals surface area contributed by atoms with Gasteiger partial charge in [0.1, 0.15) is 0 Å². The van der Waals surface area contributed by atoms with Gasteiger partial charge in [0.15, 0.2) is 11.5 Å². The average Bonchev–Trinajstić information content (AvgIpc) is 3.29. The number of sulfonamides is 1. The van der Waals surface area contributed by atoms with Crippen molar-refractivity contribution >= 4 is 27.5 Å². The second-order valence-corrected chi connectivity index (χ2v) is 9.62. The minimum absolute atomic E-state index is 0.0469. The molecule has 7 nitrogen and oxygen atoms in total. The van der Waals surface area contributed by atoms with Crippen molar-refractivity contribution in [3.05, 3.63) is 70.9 Å². The normalized spacial score (nSPS) is 15.6. The van der Waals surface area contributed by atoms with Crippen LogP contribution in [0.5, 0.6) is 0 Å². The summed E-state index contributed by atoms with van der Waals surface area (Å²) in [5.41, 5.74) is -0.391. The highest BCUT2D eigenvalue weighted by atomic mass is 35.5. The Balaban J connectivity index is 1.46. The molecular formula is C21H17ClF3N3O4S. The van der Waals surface area contributed by atoms with Crippen LogP contribution >= 0.6 is 11.6 Å². The van der Waals surface area contributed by atoms with Crippen LogP contribution in [0, 0.1) is 0 Å². The number of benzene rings is 2. The first-order chi connectivity index (χ1) is 15.6. The first kappa shape index (κ1) is 23.3. The number of hydrogen-bond donors (Lipinski definition) is 0. The fourth-order valence-corrected chi connectivity index (χ4v) is 5.11. The van der Waals surface area contributed by atoms with Gasteiger partial charge in [0.2, 0.25) is 10.0 Å². The summed E-state index contributed by atoms with van der Waals surface area (Å²) in [5.74, 6) is -0.00722. The van der Waals surface area contributed by atoms with Gasteiger partial charge in [-0.15, -0.1) is 0 Å². The molecule has 0 radical (unpaired) electrons. The zero-order valence-corrected chi connectivity index (χ0v) is 18.5. The molecule has 33 heavy (non-hydrogen) atoms. The third-order valence-corrected chi connectivity index (χ3v) is 7.42. The molecule has 0 aliphatic carbocycles. The van der Waals surface area contributed by atoms with Crippen molar-refractivity contribution in [2.75, 3.05) is 26.2 Å². The van der Waals surface area contributed by atoms with Crippen molar-refractivity contribution in [2.24, 2.45) is 0 Å². The van der Waals surface area contributed by atoms with Crippen LogP contribution in [0.15, 0.2) is 64.0 Å². The van der Waals surface area contributed by atoms with Gasteiger partial charge >= 0.3 is 6.18 Å². The summed E-state index contributed by atoms with van der Waals surface area (Å²) >= 11 is 5.58. The van der Waals surface area contributed by atoms with E-state index in [-0.39, 0.29) is 31.9 Å². The zero-order valence-electron chi connectivity index (χ0n) is 16.9. The third kappa shape index (κ3) is 4.75. The van der Waals surface area contributed by atoms with Crippen LogP contribution in [-0.2, 0) is 16.2 Å². The largest absolute Gasteiger partial charge is 0.417 e. The Morgan fingerprint density at radius 3 is 2.30 bits per heavy atom. The summed E-state index contributed by atoms with van der Waals surface area (Å²) in [4.78, 5) is 13.7. The SMILES string of the molecule is O=C(c1cc(-c2ccccc2)on1)N1CCN(S(=O)(=O)c2ccc(Cl)c(C(F)(F)F)c2)CC1. The van der Waals surface area contributed by atoms with Gasteiger partial charge in [0.25, 0.3) is 5.91 Å². The Labute approximate surface area is 192 Å². The molecule has 1 aliphatic heterocycles. The highest BCUT2D eigenvalue weighted by molar-refractivity contribution is 7.89. The predicted molar refractivity (Wildman–Crippen MR) is 113 cm³/mol. The van der Waals surface area contributed by atoms with Crippen LogP contribution in [-0.4, -0.2) is 54.9 Å². The van der Waals surface area contributed by atoms with E-state index in [1.54, 1.807) is 12.1 Å². The lowest BCUT2D eigenvalue weighted by molar-refractivity contribution is -0.137. The van der Waals surface area contributed by atoms with Gasteiger partial charge in [-0.1, -0.05) is 47.1 Å². The standard InChI is InChI=1S/C21H17ClF3N3O4S/c22-17-7-6-15(12-16(17)21(23,24)25)33(30,31)28-10-8-27(9-11-28)20(29)18-13-19(32-26-18)14-4-2-1-3-5-14/h1-7,12-13H,8-11H2. The van der Waals surface area contributed by atoms with Gasteiger partial charge in [0, 0.05) is 37.8 Å². The summed E-state index contributed by atoms with van der Waals surface area (Å²) < 4.78 is 71.4. The molecule has 12 heteroatoms. The Morgan fingerprint density at radius 2 is 1.67 bits per heavy atom. The minimum Gasteiger partial charge on any atom is -0.355 e. The lowest BCUT2D eigenvalue weighted by Crippen LogP contribution is -2.50. The number of piperazine rings is 1. The maximum Gasteiger partial charge on any atom is 0.417 e. The Hall–Kier alpha value is -2.89. The fraction of sp³-hybridized carbons (Fsp3) is 0.238. The number of rotatable bonds is 4. The van der Waals surface area contributed by atoms with Gasteiger partial charge in [-0.05, 0) is 18.2 Å². The number of halogens is 4. The number of hydrogen-bond acceptors (Lipinski definition) is 5. The summed E-state index contributed by atoms with van der Waals surface area (Å²) in [6, 6.07) is 13.1. The summed E-state index contributed by atoms with van der Waals surface area (Å²) in [7, 11) is -4.20. The second-order valence-electron chi connectivity index (χ2n) is 7.28. The average molecular weight is 500 g/mol. The van der Waals surface area contributed by atoms with Gasteiger partial charge in [-0.2, -0.15) is 17.5 Å². The molecule has 1 aliphatic rings. The Bertz CT molecular complexity index is 1270. The van der Waals surface area contributed by atoms with E-state index in [0.717, 1.165) is 22.0 Å². The van der Waals surface area contributed by atoms with E-state index in [1.165, 1.54) is 11.0 Å². The van der Waals surface area contributed by atoms with Gasteiger partial charge in [-0.3, -0.25) is 4.79 Å². The van der Waals surface area contributed by atoms with E-state index in [1.807, 2.05) is 18.2 Å². The summed E-state index contributed by atoms with van der Waals surface area (Å²) in [6.07, 6.45) is -4.79. The maximum atomic E-state index is 13.1. The van der Waals surface area contributed by atoms with E-state index < -0.39 is 37.6 Å². The van der Waals surface area contributed by atoms with Crippen LogP contribution < -0.4 is 0 Å². The van der Waals surface area contributed by atoms with E-state index in [0.29, 0.717) is 11.8 Å². The van der Waals surface area contributed by atoms with Gasteiger partial charge in [0.05, 0.1) is 15.5 Å². The minimum atomic E-state index is -4.79. The van der Waals surface area contributed by atoms with Crippen molar-refractivity contribution in [1.82, 2.24) is 14.4 Å². The maximum absolute atomic E-state index is 13.1. The summed E-state index contributed by atoms with van der Waals surface area (Å²) in [6.45, 7) is -0.0699. The molecule has 3 aromatic rings. The number of nitrogens with zero attached hydrogens (tertiary/aromatic N) is 3. The fourth-order valence-electron chi connectivity index (χ4n) is 3.44. The number of aromatic nitrogens is 1. The molecular weight excluding hydrogens is 483 g/mol. The van der Waals surface area contributed by atoms with E-state index in [4.69, 9.17) is 16.1 Å². The van der Waals surface area contributed by atoms with Crippen LogP contribution in [0.3, 0.4) is 0 Å². The Morgan fingerprint density at radius 1 is 1.00 bits per heavy atom. The number of alkyl halides is 3. The first-order valence-corrected chi connectivity index (χ1v) is 11.6. The van der Waals surface area contributed by atoms with Crippen LogP contribution in [0.1, 0.15) is 16.1 Å². The zero-order chi connectivity index (χ0) is 23.8. The molecule has 0 N–H and O–H groups in total. The van der Waals surface area contributed by atoms with Crippen molar-refractivity contribution in [2.45, 2.75) is 11.1 Å². The highest BCUT2D eigenvalue weighted by Crippen LogP contribution is 2.36. The molecule has 0 spiro atoms. The monoisotopic (exact) mass is 499 g/mol. The van der Waals surface area contributed by atoms with E-state index >= 15 is 0 Å². The highest BCUT2D eigenvalue weighted by Gasteiger charge is 2.36. The Kier molecular flexibility index (Phi) is 6.21. The molecule has 0 atom stereocenters. The lowest BCUT2D eigenvalue weighted by Gasteiger charge is -2.33. The quantitative estimate of drug-likeness (QED) is 0.538. The van der Waals surface area contributed by atoms with Crippen molar-refractivity contribution in [3.63, 3.8) is 0 Å². The molecule has 4 rings (SSSR count). The molecule has 1 fully saturated rings. The van der Waals surface area contributed by atoms with Crippen molar-refractivity contribution in [1.29, 1.82) is 0 Å².